The van der Waals surface area contributed by atoms with E-state index in [1.165, 1.54) is 0 Å². The number of aldehydes is 1. The molecule has 0 rings (SSSR count). The van der Waals surface area contributed by atoms with E-state index in [2.05, 4.69) is 4.74 Å². The van der Waals surface area contributed by atoms with Gasteiger partial charge in [0, 0.05) is 0 Å². The van der Waals surface area contributed by atoms with E-state index in [-0.39, 0.29) is 6.29 Å². The van der Waals surface area contributed by atoms with E-state index < -0.39 is 55.4 Å². The van der Waals surface area contributed by atoms with Crippen molar-refractivity contribution in [2.75, 3.05) is 6.61 Å². The third-order valence-corrected chi connectivity index (χ3v) is 2.33. The predicted molar refractivity (Wildman–Crippen MR) is 61.3 cm³/mol. The minimum atomic E-state index is -1.96. The lowest BCUT2D eigenvalue weighted by atomic mass is 10.0. The molecular weight excluding hydrogens is 278 g/mol. The number of carboxylic acids is 1. The average molecular weight is 295 g/mol. The van der Waals surface area contributed by atoms with Gasteiger partial charge in [0.25, 0.3) is 0 Å². The number of aliphatic carboxylic acids is 1. The van der Waals surface area contributed by atoms with Gasteiger partial charge in [-0.15, -0.1) is 0 Å². The van der Waals surface area contributed by atoms with Crippen LogP contribution in [-0.4, -0.2) is 80.8 Å². The number of rotatable bonds is 9. The highest BCUT2D eigenvalue weighted by Gasteiger charge is 2.31. The zero-order valence-corrected chi connectivity index (χ0v) is 10.3. The number of ether oxygens (including phenoxy) is 1. The van der Waals surface area contributed by atoms with Gasteiger partial charge in [0.05, 0.1) is 6.42 Å². The lowest BCUT2D eigenvalue weighted by molar-refractivity contribution is -0.159. The highest BCUT2D eigenvalue weighted by Crippen LogP contribution is 2.05. The van der Waals surface area contributed by atoms with Crippen LogP contribution in [0.4, 0.5) is 0 Å². The lowest BCUT2D eigenvalue weighted by Crippen LogP contribution is -2.47. The van der Waals surface area contributed by atoms with Crippen LogP contribution in [0.3, 0.4) is 0 Å². The van der Waals surface area contributed by atoms with Gasteiger partial charge < -0.3 is 40.8 Å². The van der Waals surface area contributed by atoms with E-state index in [4.69, 9.17) is 15.9 Å². The van der Waals surface area contributed by atoms with Crippen LogP contribution in [0.5, 0.6) is 0 Å². The monoisotopic (exact) mass is 295 g/mol. The maximum Gasteiger partial charge on any atom is 0.323 e. The molecule has 0 unspecified atom stereocenters. The number of aliphatic hydroxyl groups is 4. The highest BCUT2D eigenvalue weighted by atomic mass is 16.5. The topological polar surface area (TPSA) is 188 Å². The summed E-state index contributed by atoms with van der Waals surface area (Å²) >= 11 is 0. The number of carbonyl (C=O) groups excluding carboxylic acids is 2. The van der Waals surface area contributed by atoms with Gasteiger partial charge in [-0.2, -0.15) is 0 Å². The number of carbonyl (C=O) groups is 3. The molecule has 10 heteroatoms. The second-order valence-electron chi connectivity index (χ2n) is 4.01. The molecule has 0 saturated heterocycles. The van der Waals surface area contributed by atoms with E-state index in [9.17, 15) is 29.7 Å². The van der Waals surface area contributed by atoms with Crippen molar-refractivity contribution < 1.29 is 44.7 Å². The zero-order valence-electron chi connectivity index (χ0n) is 10.3. The highest BCUT2D eigenvalue weighted by molar-refractivity contribution is 5.81. The quantitative estimate of drug-likeness (QED) is 0.180. The smallest absolute Gasteiger partial charge is 0.323 e. The van der Waals surface area contributed by atoms with Gasteiger partial charge in [-0.25, -0.2) is 0 Å². The molecule has 0 heterocycles. The molecule has 0 saturated carbocycles. The van der Waals surface area contributed by atoms with Crippen molar-refractivity contribution in [3.63, 3.8) is 0 Å². The molecule has 0 aliphatic heterocycles. The standard InChI is InChI=1S/C10H17NO9/c11-4(1-7(15)16)10(19)20-3-6(14)9(18)8(17)5(13)2-12/h2,4-6,8-9,13-14,17-18H,1,3,11H2,(H,15,16)/t4-,5-,6+,8+,9+/m0/s1. The van der Waals surface area contributed by atoms with E-state index in [0.717, 1.165) is 0 Å². The fourth-order valence-corrected chi connectivity index (χ4v) is 1.15. The summed E-state index contributed by atoms with van der Waals surface area (Å²) < 4.78 is 4.43. The molecule has 10 nitrogen and oxygen atoms in total. The van der Waals surface area contributed by atoms with E-state index >= 15 is 0 Å². The third kappa shape index (κ3) is 6.04. The summed E-state index contributed by atoms with van der Waals surface area (Å²) in [4.78, 5) is 31.7. The number of hydrogen-bond donors (Lipinski definition) is 6. The fraction of sp³-hybridized carbons (Fsp3) is 0.700. The van der Waals surface area contributed by atoms with E-state index in [0.29, 0.717) is 0 Å². The molecule has 0 aromatic rings. The van der Waals surface area contributed by atoms with Gasteiger partial charge in [-0.05, 0) is 0 Å². The Kier molecular flexibility index (Phi) is 7.87. The van der Waals surface area contributed by atoms with Gasteiger partial charge in [0.1, 0.15) is 37.1 Å². The molecule has 0 amide bonds. The Bertz CT molecular complexity index is 348. The second-order valence-corrected chi connectivity index (χ2v) is 4.01. The molecule has 0 fully saturated rings. The van der Waals surface area contributed by atoms with Crippen LogP contribution >= 0.6 is 0 Å². The summed E-state index contributed by atoms with van der Waals surface area (Å²) in [7, 11) is 0. The fourth-order valence-electron chi connectivity index (χ4n) is 1.15. The first-order valence-corrected chi connectivity index (χ1v) is 5.52. The Balaban J connectivity index is 4.27. The summed E-state index contributed by atoms with van der Waals surface area (Å²) in [5.74, 6) is -2.44. The van der Waals surface area contributed by atoms with Crippen molar-refractivity contribution in [2.45, 2.75) is 36.9 Å². The van der Waals surface area contributed by atoms with Crippen LogP contribution in [0.25, 0.3) is 0 Å². The van der Waals surface area contributed by atoms with Crippen molar-refractivity contribution in [2.24, 2.45) is 5.73 Å². The van der Waals surface area contributed by atoms with Crippen molar-refractivity contribution in [3.05, 3.63) is 0 Å². The first-order valence-electron chi connectivity index (χ1n) is 5.52. The second kappa shape index (κ2) is 8.55. The van der Waals surface area contributed by atoms with Gasteiger partial charge in [-0.3, -0.25) is 9.59 Å². The molecule has 0 spiro atoms. The molecule has 0 aromatic heterocycles. The largest absolute Gasteiger partial charge is 0.481 e. The number of carboxylic acid groups (broad SMARTS) is 1. The summed E-state index contributed by atoms with van der Waals surface area (Å²) in [5, 5.41) is 45.3. The van der Waals surface area contributed by atoms with E-state index in [1.807, 2.05) is 0 Å². The van der Waals surface area contributed by atoms with Gasteiger partial charge in [0.15, 0.2) is 6.29 Å². The van der Waals surface area contributed by atoms with Crippen molar-refractivity contribution in [3.8, 4) is 0 Å². The summed E-state index contributed by atoms with van der Waals surface area (Å²) in [6.45, 7) is -0.796. The molecule has 0 aromatic carbocycles. The Hall–Kier alpha value is -1.59. The third-order valence-electron chi connectivity index (χ3n) is 2.33. The van der Waals surface area contributed by atoms with Gasteiger partial charge in [0.2, 0.25) is 0 Å². The molecule has 5 atom stereocenters. The first kappa shape index (κ1) is 18.4. The maximum atomic E-state index is 11.2. The number of aliphatic hydroxyl groups excluding tert-OH is 4. The summed E-state index contributed by atoms with van der Waals surface area (Å²) in [6.07, 6.45) is -8.34. The Labute approximate surface area is 113 Å². The molecule has 0 aliphatic rings. The first-order chi connectivity index (χ1) is 9.20. The Morgan fingerprint density at radius 2 is 1.70 bits per heavy atom. The zero-order chi connectivity index (χ0) is 15.9. The van der Waals surface area contributed by atoms with Crippen LogP contribution in [0.1, 0.15) is 6.42 Å². The van der Waals surface area contributed by atoms with Crippen LogP contribution in [0.15, 0.2) is 0 Å². The number of nitrogens with two attached hydrogens (primary N) is 1. The summed E-state index contributed by atoms with van der Waals surface area (Å²) in [5.41, 5.74) is 5.17. The Morgan fingerprint density at radius 3 is 2.15 bits per heavy atom. The van der Waals surface area contributed by atoms with Gasteiger partial charge in [-0.1, -0.05) is 0 Å². The van der Waals surface area contributed by atoms with Crippen molar-refractivity contribution in [1.82, 2.24) is 0 Å². The van der Waals surface area contributed by atoms with Crippen molar-refractivity contribution in [1.29, 1.82) is 0 Å². The van der Waals surface area contributed by atoms with Crippen LogP contribution < -0.4 is 5.73 Å². The minimum Gasteiger partial charge on any atom is -0.481 e. The molecule has 7 N–H and O–H groups in total. The van der Waals surface area contributed by atoms with Crippen LogP contribution in [-0.2, 0) is 19.1 Å². The lowest BCUT2D eigenvalue weighted by Gasteiger charge is -2.24. The van der Waals surface area contributed by atoms with Crippen LogP contribution in [0, 0.1) is 0 Å². The molecule has 20 heavy (non-hydrogen) atoms. The number of esters is 1. The predicted octanol–water partition coefficient (Wildman–Crippen LogP) is -4.03. The normalized spacial score (nSPS) is 18.4. The SMILES string of the molecule is N[C@@H](CC(=O)O)C(=O)OC[C@@H](O)[C@@H](O)[C@H](O)[C@@H](O)C=O. The molecule has 0 aliphatic carbocycles. The summed E-state index contributed by atoms with van der Waals surface area (Å²) in [6, 6.07) is -1.44. The number of hydrogen-bond acceptors (Lipinski definition) is 9. The Morgan fingerprint density at radius 1 is 1.15 bits per heavy atom. The maximum absolute atomic E-state index is 11.2. The van der Waals surface area contributed by atoms with Crippen LogP contribution in [0.2, 0.25) is 0 Å². The molecule has 0 radical (unpaired) electrons. The average Bonchev–Trinajstić information content (AvgIpc) is 2.40. The van der Waals surface area contributed by atoms with Crippen molar-refractivity contribution >= 4 is 18.2 Å². The molecule has 0 bridgehead atoms. The molecule has 116 valence electrons. The van der Waals surface area contributed by atoms with Gasteiger partial charge >= 0.3 is 11.9 Å². The van der Waals surface area contributed by atoms with E-state index in [1.54, 1.807) is 0 Å². The minimum absolute atomic E-state index is 0.0462. The molecular formula is C10H17NO9.